The van der Waals surface area contributed by atoms with E-state index >= 15 is 0 Å². The van der Waals surface area contributed by atoms with Crippen molar-refractivity contribution in [2.24, 2.45) is 10.7 Å². The zero-order chi connectivity index (χ0) is 9.84. The fraction of sp³-hybridized carbons (Fsp3) is 0.556. The number of carbonyl (C=O) groups is 1. The van der Waals surface area contributed by atoms with Crippen molar-refractivity contribution >= 4 is 11.9 Å². The molecule has 0 saturated carbocycles. The summed E-state index contributed by atoms with van der Waals surface area (Å²) >= 11 is 0. The van der Waals surface area contributed by atoms with E-state index in [2.05, 4.69) is 11.6 Å². The molecule has 1 rings (SSSR count). The number of rotatable bonds is 4. The van der Waals surface area contributed by atoms with Crippen LogP contribution in [0.25, 0.3) is 0 Å². The largest absolute Gasteiger partial charge is 0.369 e. The molecule has 1 heterocycles. The summed E-state index contributed by atoms with van der Waals surface area (Å²) in [5.41, 5.74) is 5.50. The highest BCUT2D eigenvalue weighted by atomic mass is 16.2. The van der Waals surface area contributed by atoms with Gasteiger partial charge in [-0.15, -0.1) is 6.58 Å². The van der Waals surface area contributed by atoms with Gasteiger partial charge in [0.05, 0.1) is 0 Å². The summed E-state index contributed by atoms with van der Waals surface area (Å²) < 4.78 is 0. The summed E-state index contributed by atoms with van der Waals surface area (Å²) in [6.45, 7) is 3.62. The van der Waals surface area contributed by atoms with Crippen LogP contribution in [0.4, 0.5) is 0 Å². The minimum atomic E-state index is -0.259. The van der Waals surface area contributed by atoms with Gasteiger partial charge in [0.25, 0.3) is 5.91 Å². The smallest absolute Gasteiger partial charge is 0.253 e. The van der Waals surface area contributed by atoms with Gasteiger partial charge in [-0.2, -0.15) is 0 Å². The third-order valence-corrected chi connectivity index (χ3v) is 2.13. The molecule has 0 bridgehead atoms. The van der Waals surface area contributed by atoms with Crippen LogP contribution in [-0.4, -0.2) is 29.9 Å². The molecule has 0 spiro atoms. The molecule has 4 nitrogen and oxygen atoms in total. The molecular weight excluding hydrogens is 166 g/mol. The van der Waals surface area contributed by atoms with Crippen molar-refractivity contribution in [3.05, 3.63) is 12.7 Å². The van der Waals surface area contributed by atoms with E-state index in [1.54, 1.807) is 7.05 Å². The van der Waals surface area contributed by atoms with Gasteiger partial charge in [-0.05, 0) is 19.3 Å². The van der Waals surface area contributed by atoms with E-state index in [1.807, 2.05) is 6.08 Å². The van der Waals surface area contributed by atoms with Crippen LogP contribution in [0.1, 0.15) is 19.3 Å². The zero-order valence-electron chi connectivity index (χ0n) is 7.86. The molecule has 0 aromatic rings. The van der Waals surface area contributed by atoms with E-state index in [1.165, 1.54) is 4.90 Å². The summed E-state index contributed by atoms with van der Waals surface area (Å²) in [6.07, 6.45) is 4.46. The topological polar surface area (TPSA) is 58.7 Å². The number of guanidine groups is 1. The Morgan fingerprint density at radius 3 is 2.92 bits per heavy atom. The van der Waals surface area contributed by atoms with Crippen LogP contribution in [0.3, 0.4) is 0 Å². The summed E-state index contributed by atoms with van der Waals surface area (Å²) in [5.74, 6) is 0.329. The maximum absolute atomic E-state index is 11.4. The molecule has 0 aromatic carbocycles. The number of aliphatic imine (C=N–C) groups is 1. The Labute approximate surface area is 78.1 Å². The van der Waals surface area contributed by atoms with Crippen LogP contribution in [0.15, 0.2) is 17.6 Å². The third kappa shape index (κ3) is 2.08. The Hall–Kier alpha value is -1.32. The number of nitrogens with two attached hydrogens (primary N) is 1. The Bertz CT molecular complexity index is 247. The predicted molar refractivity (Wildman–Crippen MR) is 52.2 cm³/mol. The summed E-state index contributed by atoms with van der Waals surface area (Å²) in [6, 6.07) is -0.259. The van der Waals surface area contributed by atoms with Crippen molar-refractivity contribution < 1.29 is 4.79 Å². The maximum Gasteiger partial charge on any atom is 0.253 e. The van der Waals surface area contributed by atoms with Gasteiger partial charge in [0.15, 0.2) is 5.96 Å². The first-order valence-electron chi connectivity index (χ1n) is 4.38. The molecule has 4 heteroatoms. The van der Waals surface area contributed by atoms with E-state index in [-0.39, 0.29) is 11.9 Å². The van der Waals surface area contributed by atoms with Gasteiger partial charge >= 0.3 is 0 Å². The highest BCUT2D eigenvalue weighted by Crippen LogP contribution is 2.13. The average molecular weight is 181 g/mol. The van der Waals surface area contributed by atoms with E-state index in [9.17, 15) is 4.79 Å². The molecule has 1 atom stereocenters. The van der Waals surface area contributed by atoms with Crippen LogP contribution in [0.2, 0.25) is 0 Å². The lowest BCUT2D eigenvalue weighted by atomic mass is 10.1. The number of unbranched alkanes of at least 4 members (excludes halogenated alkanes) is 1. The summed E-state index contributed by atoms with van der Waals surface area (Å²) in [4.78, 5) is 16.9. The molecule has 0 aromatic heterocycles. The average Bonchev–Trinajstić information content (AvgIpc) is 2.34. The Morgan fingerprint density at radius 1 is 1.77 bits per heavy atom. The third-order valence-electron chi connectivity index (χ3n) is 2.13. The Morgan fingerprint density at radius 2 is 2.46 bits per heavy atom. The standard InChI is InChI=1S/C9H15N3O/c1-3-4-5-6-7-8(13)12(2)9(10)11-7/h3,7H,1,4-6H2,2H3,(H2,10,11). The highest BCUT2D eigenvalue weighted by Gasteiger charge is 2.29. The van der Waals surface area contributed by atoms with Crippen molar-refractivity contribution in [2.45, 2.75) is 25.3 Å². The molecule has 0 aliphatic carbocycles. The van der Waals surface area contributed by atoms with Crippen molar-refractivity contribution in [2.75, 3.05) is 7.05 Å². The number of carbonyl (C=O) groups excluding carboxylic acids is 1. The van der Waals surface area contributed by atoms with Gasteiger partial charge in [-0.1, -0.05) is 6.08 Å². The lowest BCUT2D eigenvalue weighted by Gasteiger charge is -2.08. The predicted octanol–water partition coefficient (Wildman–Crippen LogP) is 0.498. The van der Waals surface area contributed by atoms with Crippen molar-refractivity contribution in [3.8, 4) is 0 Å². The second-order valence-electron chi connectivity index (χ2n) is 3.12. The monoisotopic (exact) mass is 181 g/mol. The molecule has 1 aliphatic heterocycles. The lowest BCUT2D eigenvalue weighted by molar-refractivity contribution is -0.126. The van der Waals surface area contributed by atoms with Crippen molar-refractivity contribution in [1.29, 1.82) is 0 Å². The number of hydrogen-bond acceptors (Lipinski definition) is 3. The number of allylic oxidation sites excluding steroid dienone is 1. The number of likely N-dealkylation sites (N-methyl/N-ethyl adjacent to an activating group) is 1. The second kappa shape index (κ2) is 4.07. The van der Waals surface area contributed by atoms with Gasteiger partial charge < -0.3 is 5.73 Å². The van der Waals surface area contributed by atoms with E-state index in [4.69, 9.17) is 5.73 Å². The van der Waals surface area contributed by atoms with Gasteiger partial charge in [-0.25, -0.2) is 4.99 Å². The van der Waals surface area contributed by atoms with Crippen LogP contribution >= 0.6 is 0 Å². The van der Waals surface area contributed by atoms with Gasteiger partial charge in [0, 0.05) is 7.05 Å². The first-order chi connectivity index (χ1) is 6.16. The highest BCUT2D eigenvalue weighted by molar-refractivity contribution is 6.03. The molecular formula is C9H15N3O. The molecule has 0 saturated heterocycles. The molecule has 1 amide bonds. The number of amides is 1. The minimum absolute atomic E-state index is 0.00145. The van der Waals surface area contributed by atoms with Crippen molar-refractivity contribution in [1.82, 2.24) is 4.90 Å². The summed E-state index contributed by atoms with van der Waals surface area (Å²) in [7, 11) is 1.65. The fourth-order valence-electron chi connectivity index (χ4n) is 1.28. The maximum atomic E-state index is 11.4. The Kier molecular flexibility index (Phi) is 3.06. The molecule has 1 aliphatic rings. The van der Waals surface area contributed by atoms with Gasteiger partial charge in [-0.3, -0.25) is 9.69 Å². The van der Waals surface area contributed by atoms with E-state index in [0.717, 1.165) is 19.3 Å². The second-order valence-corrected chi connectivity index (χ2v) is 3.12. The molecule has 0 radical (unpaired) electrons. The molecule has 0 fully saturated rings. The SMILES string of the molecule is C=CCCCC1N=C(N)N(C)C1=O. The number of nitrogens with zero attached hydrogens (tertiary/aromatic N) is 2. The lowest BCUT2D eigenvalue weighted by Crippen LogP contribution is -2.35. The van der Waals surface area contributed by atoms with E-state index in [0.29, 0.717) is 5.96 Å². The van der Waals surface area contributed by atoms with Crippen molar-refractivity contribution in [3.63, 3.8) is 0 Å². The van der Waals surface area contributed by atoms with Crippen LogP contribution in [0, 0.1) is 0 Å². The quantitative estimate of drug-likeness (QED) is 0.507. The molecule has 72 valence electrons. The normalized spacial score (nSPS) is 21.9. The first kappa shape index (κ1) is 9.77. The molecule has 2 N–H and O–H groups in total. The van der Waals surface area contributed by atoms with Crippen LogP contribution in [-0.2, 0) is 4.79 Å². The van der Waals surface area contributed by atoms with Gasteiger partial charge in [0.1, 0.15) is 6.04 Å². The fourth-order valence-corrected chi connectivity index (χ4v) is 1.28. The van der Waals surface area contributed by atoms with E-state index < -0.39 is 0 Å². The number of hydrogen-bond donors (Lipinski definition) is 1. The van der Waals surface area contributed by atoms with Gasteiger partial charge in [0.2, 0.25) is 0 Å². The Balaban J connectivity index is 2.44. The van der Waals surface area contributed by atoms with Crippen LogP contribution in [0.5, 0.6) is 0 Å². The summed E-state index contributed by atoms with van der Waals surface area (Å²) in [5, 5.41) is 0. The molecule has 1 unspecified atom stereocenters. The first-order valence-corrected chi connectivity index (χ1v) is 4.38. The minimum Gasteiger partial charge on any atom is -0.369 e. The van der Waals surface area contributed by atoms with Crippen LogP contribution < -0.4 is 5.73 Å². The molecule has 13 heavy (non-hydrogen) atoms. The zero-order valence-corrected chi connectivity index (χ0v) is 7.86.